The highest BCUT2D eigenvalue weighted by Crippen LogP contribution is 2.28. The van der Waals surface area contributed by atoms with E-state index in [1.54, 1.807) is 36.4 Å². The summed E-state index contributed by atoms with van der Waals surface area (Å²) in [5.41, 5.74) is 6.55. The van der Waals surface area contributed by atoms with E-state index in [1.165, 1.54) is 19.2 Å². The van der Waals surface area contributed by atoms with Crippen LogP contribution in [0.15, 0.2) is 55.1 Å². The molecule has 0 aromatic heterocycles. The fourth-order valence-corrected chi connectivity index (χ4v) is 2.57. The summed E-state index contributed by atoms with van der Waals surface area (Å²) in [6.07, 6.45) is 1.90. The van der Waals surface area contributed by atoms with Crippen molar-refractivity contribution in [2.45, 2.75) is 6.42 Å². The van der Waals surface area contributed by atoms with Crippen LogP contribution in [-0.4, -0.2) is 32.1 Å². The van der Waals surface area contributed by atoms with Crippen molar-refractivity contribution in [3.63, 3.8) is 0 Å². The Morgan fingerprint density at radius 3 is 2.54 bits per heavy atom. The van der Waals surface area contributed by atoms with Gasteiger partial charge in [0.15, 0.2) is 11.5 Å². The number of methoxy groups -OCH3 is 1. The summed E-state index contributed by atoms with van der Waals surface area (Å²) in [5.74, 6) is -1.000. The molecule has 2 rings (SSSR count). The van der Waals surface area contributed by atoms with Crippen LogP contribution in [0.25, 0.3) is 0 Å². The van der Waals surface area contributed by atoms with Crippen LogP contribution in [0, 0.1) is 11.7 Å². The number of halogens is 1. The maximum atomic E-state index is 13.0. The van der Waals surface area contributed by atoms with Crippen LogP contribution in [-0.2, 0) is 11.2 Å². The van der Waals surface area contributed by atoms with Crippen LogP contribution in [0.3, 0.4) is 0 Å². The average Bonchev–Trinajstić information content (AvgIpc) is 2.70. The Kier molecular flexibility index (Phi) is 7.56. The molecule has 28 heavy (non-hydrogen) atoms. The number of carbonyl (C=O) groups is 2. The summed E-state index contributed by atoms with van der Waals surface area (Å²) in [7, 11) is 1.48. The minimum atomic E-state index is -0.619. The zero-order valence-corrected chi connectivity index (χ0v) is 15.6. The van der Waals surface area contributed by atoms with Crippen LogP contribution >= 0.6 is 0 Å². The number of rotatable bonds is 10. The SMILES string of the molecule is C=CCOc1ccc(C(=O)NCC(Cc2ccc(F)cc2)C(N)=O)cc1OC. The highest BCUT2D eigenvalue weighted by molar-refractivity contribution is 5.95. The summed E-state index contributed by atoms with van der Waals surface area (Å²) < 4.78 is 23.7. The Morgan fingerprint density at radius 1 is 1.21 bits per heavy atom. The van der Waals surface area contributed by atoms with Crippen LogP contribution in [0.2, 0.25) is 0 Å². The van der Waals surface area contributed by atoms with Crippen LogP contribution in [0.4, 0.5) is 4.39 Å². The molecule has 0 saturated heterocycles. The van der Waals surface area contributed by atoms with Gasteiger partial charge < -0.3 is 20.5 Å². The Morgan fingerprint density at radius 2 is 1.93 bits per heavy atom. The second kappa shape index (κ2) is 10.1. The van der Waals surface area contributed by atoms with Crippen molar-refractivity contribution in [2.75, 3.05) is 20.3 Å². The lowest BCUT2D eigenvalue weighted by molar-refractivity contribution is -0.121. The monoisotopic (exact) mass is 386 g/mol. The number of primary amides is 1. The van der Waals surface area contributed by atoms with Crippen molar-refractivity contribution >= 4 is 11.8 Å². The molecule has 0 heterocycles. The van der Waals surface area contributed by atoms with Gasteiger partial charge in [0, 0.05) is 12.1 Å². The summed E-state index contributed by atoms with van der Waals surface area (Å²) in [5, 5.41) is 2.70. The normalized spacial score (nSPS) is 11.4. The van der Waals surface area contributed by atoms with Gasteiger partial charge >= 0.3 is 0 Å². The van der Waals surface area contributed by atoms with E-state index in [1.807, 2.05) is 0 Å². The smallest absolute Gasteiger partial charge is 0.251 e. The predicted octanol–water partition coefficient (Wildman–Crippen LogP) is 2.47. The topological polar surface area (TPSA) is 90.6 Å². The molecule has 7 heteroatoms. The molecule has 6 nitrogen and oxygen atoms in total. The molecule has 0 aliphatic rings. The molecule has 2 aromatic rings. The molecular formula is C21H23FN2O4. The summed E-state index contributed by atoms with van der Waals surface area (Å²) in [4.78, 5) is 24.2. The number of amides is 2. The molecule has 0 saturated carbocycles. The molecule has 0 aliphatic heterocycles. The highest BCUT2D eigenvalue weighted by atomic mass is 19.1. The number of hydrogen-bond donors (Lipinski definition) is 2. The fourth-order valence-electron chi connectivity index (χ4n) is 2.57. The molecule has 3 N–H and O–H groups in total. The lowest BCUT2D eigenvalue weighted by Gasteiger charge is -2.15. The van der Waals surface area contributed by atoms with E-state index >= 15 is 0 Å². The number of benzene rings is 2. The van der Waals surface area contributed by atoms with Gasteiger partial charge in [0.25, 0.3) is 5.91 Å². The van der Waals surface area contributed by atoms with Gasteiger partial charge in [-0.1, -0.05) is 24.8 Å². The summed E-state index contributed by atoms with van der Waals surface area (Å²) in [6.45, 7) is 3.95. The van der Waals surface area contributed by atoms with Gasteiger partial charge in [0.1, 0.15) is 12.4 Å². The minimum absolute atomic E-state index is 0.0581. The van der Waals surface area contributed by atoms with E-state index in [4.69, 9.17) is 15.2 Å². The maximum Gasteiger partial charge on any atom is 0.251 e. The van der Waals surface area contributed by atoms with Gasteiger partial charge in [-0.15, -0.1) is 0 Å². The maximum absolute atomic E-state index is 13.0. The third-order valence-electron chi connectivity index (χ3n) is 4.09. The molecule has 148 valence electrons. The van der Waals surface area contributed by atoms with Gasteiger partial charge in [-0.3, -0.25) is 9.59 Å². The molecule has 0 radical (unpaired) electrons. The van der Waals surface area contributed by atoms with Crippen LogP contribution in [0.5, 0.6) is 11.5 Å². The molecule has 1 atom stereocenters. The zero-order chi connectivity index (χ0) is 20.5. The molecule has 1 unspecified atom stereocenters. The van der Waals surface area contributed by atoms with Crippen LogP contribution < -0.4 is 20.5 Å². The first-order chi connectivity index (χ1) is 13.4. The Labute approximate surface area is 163 Å². The second-order valence-corrected chi connectivity index (χ2v) is 6.11. The van der Waals surface area contributed by atoms with E-state index in [2.05, 4.69) is 11.9 Å². The molecule has 2 aromatic carbocycles. The van der Waals surface area contributed by atoms with Gasteiger partial charge in [0.2, 0.25) is 5.91 Å². The van der Waals surface area contributed by atoms with E-state index in [0.717, 1.165) is 5.56 Å². The number of hydrogen-bond acceptors (Lipinski definition) is 4. The number of ether oxygens (including phenoxy) is 2. The summed E-state index contributed by atoms with van der Waals surface area (Å²) in [6, 6.07) is 10.6. The van der Waals surface area contributed by atoms with Crippen molar-refractivity contribution in [3.05, 3.63) is 72.1 Å². The van der Waals surface area contributed by atoms with Gasteiger partial charge in [0.05, 0.1) is 13.0 Å². The zero-order valence-electron chi connectivity index (χ0n) is 15.6. The summed E-state index contributed by atoms with van der Waals surface area (Å²) >= 11 is 0. The Balaban J connectivity index is 2.02. The van der Waals surface area contributed by atoms with Crippen molar-refractivity contribution in [2.24, 2.45) is 11.7 Å². The van der Waals surface area contributed by atoms with Gasteiger partial charge in [-0.2, -0.15) is 0 Å². The largest absolute Gasteiger partial charge is 0.493 e. The Hall–Kier alpha value is -3.35. The van der Waals surface area contributed by atoms with Crippen molar-refractivity contribution in [1.82, 2.24) is 5.32 Å². The van der Waals surface area contributed by atoms with E-state index in [-0.39, 0.29) is 18.3 Å². The number of nitrogens with two attached hydrogens (primary N) is 1. The minimum Gasteiger partial charge on any atom is -0.493 e. The van der Waals surface area contributed by atoms with Crippen molar-refractivity contribution in [3.8, 4) is 11.5 Å². The predicted molar refractivity (Wildman–Crippen MR) is 104 cm³/mol. The van der Waals surface area contributed by atoms with Crippen molar-refractivity contribution in [1.29, 1.82) is 0 Å². The molecule has 0 spiro atoms. The Bertz CT molecular complexity index is 837. The third kappa shape index (κ3) is 5.84. The molecule has 0 bridgehead atoms. The third-order valence-corrected chi connectivity index (χ3v) is 4.09. The molecule has 0 aliphatic carbocycles. The number of nitrogens with one attached hydrogen (secondary N) is 1. The first kappa shape index (κ1) is 21.0. The van der Waals surface area contributed by atoms with Gasteiger partial charge in [-0.05, 0) is 42.3 Å². The van der Waals surface area contributed by atoms with Crippen LogP contribution in [0.1, 0.15) is 15.9 Å². The standard InChI is InChI=1S/C21H23FN2O4/c1-3-10-28-18-9-6-15(12-19(18)27-2)21(26)24-13-16(20(23)25)11-14-4-7-17(22)8-5-14/h3-9,12,16H,1,10-11,13H2,2H3,(H2,23,25)(H,24,26). The first-order valence-corrected chi connectivity index (χ1v) is 8.68. The highest BCUT2D eigenvalue weighted by Gasteiger charge is 2.18. The fraction of sp³-hybridized carbons (Fsp3) is 0.238. The first-order valence-electron chi connectivity index (χ1n) is 8.68. The quantitative estimate of drug-likeness (QED) is 0.614. The number of carbonyl (C=O) groups excluding carboxylic acids is 2. The second-order valence-electron chi connectivity index (χ2n) is 6.11. The van der Waals surface area contributed by atoms with Gasteiger partial charge in [-0.25, -0.2) is 4.39 Å². The lowest BCUT2D eigenvalue weighted by atomic mass is 9.98. The molecule has 0 fully saturated rings. The lowest BCUT2D eigenvalue weighted by Crippen LogP contribution is -2.37. The van der Waals surface area contributed by atoms with E-state index < -0.39 is 11.8 Å². The molecule has 2 amide bonds. The molecular weight excluding hydrogens is 363 g/mol. The van der Waals surface area contributed by atoms with Crippen molar-refractivity contribution < 1.29 is 23.5 Å². The van der Waals surface area contributed by atoms with E-state index in [9.17, 15) is 14.0 Å². The van der Waals surface area contributed by atoms with E-state index in [0.29, 0.717) is 30.1 Å². The average molecular weight is 386 g/mol.